The zero-order valence-corrected chi connectivity index (χ0v) is 17.5. The van der Waals surface area contributed by atoms with Gasteiger partial charge in [0.15, 0.2) is 5.16 Å². The van der Waals surface area contributed by atoms with Crippen LogP contribution in [0.1, 0.15) is 12.5 Å². The van der Waals surface area contributed by atoms with Gasteiger partial charge in [-0.25, -0.2) is 4.98 Å². The number of hydrogen-bond donors (Lipinski definition) is 1. The number of halogens is 1. The van der Waals surface area contributed by atoms with Gasteiger partial charge in [-0.15, -0.1) is 0 Å². The lowest BCUT2D eigenvalue weighted by Crippen LogP contribution is -2.29. The Hall–Kier alpha value is -2.51. The van der Waals surface area contributed by atoms with Gasteiger partial charge in [0, 0.05) is 18.1 Å². The first-order valence-electron chi connectivity index (χ1n) is 8.62. The van der Waals surface area contributed by atoms with Gasteiger partial charge >= 0.3 is 0 Å². The number of aromatic nitrogens is 2. The fourth-order valence-electron chi connectivity index (χ4n) is 2.81. The molecule has 0 bridgehead atoms. The minimum Gasteiger partial charge on any atom is -0.495 e. The van der Waals surface area contributed by atoms with Crippen molar-refractivity contribution in [3.8, 4) is 11.4 Å². The molecule has 2 aromatic carbocycles. The second kappa shape index (κ2) is 8.24. The number of nitrogens with zero attached hydrogens (tertiary/aromatic N) is 2. The summed E-state index contributed by atoms with van der Waals surface area (Å²) >= 11 is 7.44. The lowest BCUT2D eigenvalue weighted by Gasteiger charge is -2.18. The summed E-state index contributed by atoms with van der Waals surface area (Å²) in [5.41, 5.74) is 1.66. The predicted octanol–water partition coefficient (Wildman–Crippen LogP) is 3.58. The van der Waals surface area contributed by atoms with E-state index in [1.54, 1.807) is 44.3 Å². The summed E-state index contributed by atoms with van der Waals surface area (Å²) in [6, 6.07) is 10.6. The number of aryl methyl sites for hydroxylation is 1. The molecule has 0 aliphatic heterocycles. The molecule has 1 unspecified atom stereocenters. The summed E-state index contributed by atoms with van der Waals surface area (Å²) in [6.07, 6.45) is 0. The highest BCUT2D eigenvalue weighted by Gasteiger charge is 2.21. The molecule has 0 fully saturated rings. The van der Waals surface area contributed by atoms with Gasteiger partial charge in [0.05, 0.1) is 29.0 Å². The van der Waals surface area contributed by atoms with Crippen LogP contribution < -0.4 is 15.6 Å². The van der Waals surface area contributed by atoms with Gasteiger partial charge in [-0.3, -0.25) is 14.2 Å². The van der Waals surface area contributed by atoms with Crippen molar-refractivity contribution in [2.75, 3.05) is 14.2 Å². The molecular weight excluding hydrogens is 398 g/mol. The monoisotopic (exact) mass is 417 g/mol. The lowest BCUT2D eigenvalue weighted by atomic mass is 10.2. The zero-order chi connectivity index (χ0) is 20.4. The van der Waals surface area contributed by atoms with E-state index in [2.05, 4.69) is 10.3 Å². The van der Waals surface area contributed by atoms with E-state index >= 15 is 0 Å². The molecule has 0 saturated heterocycles. The van der Waals surface area contributed by atoms with Gasteiger partial charge in [-0.05, 0) is 37.6 Å². The molecule has 28 heavy (non-hydrogen) atoms. The second-order valence-corrected chi connectivity index (χ2v) is 7.91. The second-order valence-electron chi connectivity index (χ2n) is 6.20. The van der Waals surface area contributed by atoms with E-state index in [1.165, 1.54) is 23.4 Å². The van der Waals surface area contributed by atoms with Crippen molar-refractivity contribution in [3.63, 3.8) is 0 Å². The average Bonchev–Trinajstić information content (AvgIpc) is 2.69. The standard InChI is InChI=1S/C20H20ClN3O3S/c1-11-9-16(17(27-4)10-14(11)21)24-19(26)13-7-5-6-8-15(13)23-20(24)28-12(2)18(25)22-3/h5-10,12H,1-4H3,(H,22,25). The Morgan fingerprint density at radius 3 is 2.71 bits per heavy atom. The van der Waals surface area contributed by atoms with E-state index in [0.29, 0.717) is 32.5 Å². The molecule has 0 spiro atoms. The predicted molar refractivity (Wildman–Crippen MR) is 113 cm³/mol. The lowest BCUT2D eigenvalue weighted by molar-refractivity contribution is -0.119. The highest BCUT2D eigenvalue weighted by atomic mass is 35.5. The number of amides is 1. The normalized spacial score (nSPS) is 12.0. The number of para-hydroxylation sites is 1. The Kier molecular flexibility index (Phi) is 5.96. The molecular formula is C20H20ClN3O3S. The van der Waals surface area contributed by atoms with E-state index in [0.717, 1.165) is 5.56 Å². The Morgan fingerprint density at radius 1 is 1.32 bits per heavy atom. The average molecular weight is 418 g/mol. The van der Waals surface area contributed by atoms with Crippen LogP contribution >= 0.6 is 23.4 Å². The third-order valence-electron chi connectivity index (χ3n) is 4.34. The molecule has 1 heterocycles. The van der Waals surface area contributed by atoms with Gasteiger partial charge in [-0.1, -0.05) is 35.5 Å². The quantitative estimate of drug-likeness (QED) is 0.507. The van der Waals surface area contributed by atoms with E-state index in [9.17, 15) is 9.59 Å². The molecule has 8 heteroatoms. The highest BCUT2D eigenvalue weighted by Crippen LogP contribution is 2.32. The van der Waals surface area contributed by atoms with Crippen LogP contribution in [-0.4, -0.2) is 34.9 Å². The number of carbonyl (C=O) groups excluding carboxylic acids is 1. The Balaban J connectivity index is 2.33. The molecule has 0 aliphatic carbocycles. The third-order valence-corrected chi connectivity index (χ3v) is 5.80. The van der Waals surface area contributed by atoms with Crippen molar-refractivity contribution in [2.45, 2.75) is 24.3 Å². The van der Waals surface area contributed by atoms with E-state index in [1.807, 2.05) is 13.0 Å². The molecule has 0 radical (unpaired) electrons. The van der Waals surface area contributed by atoms with Crippen molar-refractivity contribution in [1.82, 2.24) is 14.9 Å². The van der Waals surface area contributed by atoms with Crippen LogP contribution in [0.25, 0.3) is 16.6 Å². The Bertz CT molecular complexity index is 1110. The number of methoxy groups -OCH3 is 1. The number of hydrogen-bond acceptors (Lipinski definition) is 5. The first-order valence-corrected chi connectivity index (χ1v) is 9.87. The topological polar surface area (TPSA) is 73.2 Å². The van der Waals surface area contributed by atoms with E-state index < -0.39 is 5.25 Å². The van der Waals surface area contributed by atoms with Gasteiger partial charge < -0.3 is 10.1 Å². The van der Waals surface area contributed by atoms with E-state index in [4.69, 9.17) is 16.3 Å². The van der Waals surface area contributed by atoms with Crippen LogP contribution in [0.2, 0.25) is 5.02 Å². The third kappa shape index (κ3) is 3.72. The molecule has 1 N–H and O–H groups in total. The van der Waals surface area contributed by atoms with Crippen molar-refractivity contribution in [2.24, 2.45) is 0 Å². The first kappa shape index (κ1) is 20.2. The smallest absolute Gasteiger partial charge is 0.266 e. The Labute approximate surface area is 171 Å². The van der Waals surface area contributed by atoms with Gasteiger partial charge in [0.25, 0.3) is 5.56 Å². The summed E-state index contributed by atoms with van der Waals surface area (Å²) in [5, 5.41) is 3.60. The van der Waals surface area contributed by atoms with Crippen LogP contribution in [0.4, 0.5) is 0 Å². The van der Waals surface area contributed by atoms with Crippen molar-refractivity contribution < 1.29 is 9.53 Å². The molecule has 0 aliphatic rings. The molecule has 3 aromatic rings. The summed E-state index contributed by atoms with van der Waals surface area (Å²) in [4.78, 5) is 30.1. The first-order chi connectivity index (χ1) is 13.4. The van der Waals surface area contributed by atoms with Crippen molar-refractivity contribution >= 4 is 40.2 Å². The van der Waals surface area contributed by atoms with Crippen LogP contribution in [-0.2, 0) is 4.79 Å². The van der Waals surface area contributed by atoms with Gasteiger partial charge in [0.2, 0.25) is 5.91 Å². The molecule has 1 aromatic heterocycles. The SMILES string of the molecule is CNC(=O)C(C)Sc1nc2ccccc2c(=O)n1-c1cc(C)c(Cl)cc1OC. The largest absolute Gasteiger partial charge is 0.495 e. The van der Waals surface area contributed by atoms with Gasteiger partial charge in [-0.2, -0.15) is 0 Å². The van der Waals surface area contributed by atoms with Gasteiger partial charge in [0.1, 0.15) is 5.75 Å². The van der Waals surface area contributed by atoms with E-state index in [-0.39, 0.29) is 11.5 Å². The summed E-state index contributed by atoms with van der Waals surface area (Å²) in [5.74, 6) is 0.294. The number of thioether (sulfide) groups is 1. The van der Waals surface area contributed by atoms with Crippen molar-refractivity contribution in [3.05, 3.63) is 57.3 Å². The molecule has 146 valence electrons. The number of carbonyl (C=O) groups is 1. The maximum Gasteiger partial charge on any atom is 0.266 e. The number of fused-ring (bicyclic) bond motifs is 1. The minimum absolute atomic E-state index is 0.154. The van der Waals surface area contributed by atoms with Crippen LogP contribution in [0, 0.1) is 6.92 Å². The Morgan fingerprint density at radius 2 is 2.04 bits per heavy atom. The molecule has 1 amide bonds. The van der Waals surface area contributed by atoms with Crippen molar-refractivity contribution in [1.29, 1.82) is 0 Å². The summed E-state index contributed by atoms with van der Waals surface area (Å²) in [6.45, 7) is 3.62. The molecule has 6 nitrogen and oxygen atoms in total. The fourth-order valence-corrected chi connectivity index (χ4v) is 3.94. The molecule has 1 atom stereocenters. The molecule has 0 saturated carbocycles. The molecule has 3 rings (SSSR count). The number of benzene rings is 2. The summed E-state index contributed by atoms with van der Waals surface area (Å²) < 4.78 is 6.95. The highest BCUT2D eigenvalue weighted by molar-refractivity contribution is 8.00. The zero-order valence-electron chi connectivity index (χ0n) is 15.9. The maximum absolute atomic E-state index is 13.4. The maximum atomic E-state index is 13.4. The van der Waals surface area contributed by atoms with Crippen LogP contribution in [0.15, 0.2) is 46.3 Å². The van der Waals surface area contributed by atoms with Crippen LogP contribution in [0.3, 0.4) is 0 Å². The minimum atomic E-state index is -0.441. The van der Waals surface area contributed by atoms with Crippen LogP contribution in [0.5, 0.6) is 5.75 Å². The summed E-state index contributed by atoms with van der Waals surface area (Å²) in [7, 11) is 3.09. The number of rotatable bonds is 5. The number of nitrogens with one attached hydrogen (secondary N) is 1. The number of ether oxygens (including phenoxy) is 1. The fraction of sp³-hybridized carbons (Fsp3) is 0.250.